The minimum atomic E-state index is 0.107. The van der Waals surface area contributed by atoms with Crippen LogP contribution in [0.25, 0.3) is 0 Å². The molecule has 0 aromatic heterocycles. The van der Waals surface area contributed by atoms with Crippen molar-refractivity contribution in [2.24, 2.45) is 5.92 Å². The van der Waals surface area contributed by atoms with Crippen molar-refractivity contribution in [3.8, 4) is 0 Å². The van der Waals surface area contributed by atoms with Gasteiger partial charge in [0, 0.05) is 26.6 Å². The zero-order valence-electron chi connectivity index (χ0n) is 10.3. The summed E-state index contributed by atoms with van der Waals surface area (Å²) in [7, 11) is 1.63. The van der Waals surface area contributed by atoms with E-state index >= 15 is 0 Å². The summed E-state index contributed by atoms with van der Waals surface area (Å²) in [5.41, 5.74) is 0. The molecule has 0 saturated heterocycles. The van der Waals surface area contributed by atoms with Gasteiger partial charge in [-0.15, -0.1) is 0 Å². The molecule has 1 aliphatic rings. The molecule has 2 N–H and O–H groups in total. The van der Waals surface area contributed by atoms with E-state index in [2.05, 4.69) is 10.6 Å². The van der Waals surface area contributed by atoms with Gasteiger partial charge in [0.05, 0.1) is 6.61 Å². The van der Waals surface area contributed by atoms with E-state index in [0.717, 1.165) is 19.0 Å². The van der Waals surface area contributed by atoms with E-state index in [9.17, 15) is 4.79 Å². The Morgan fingerprint density at radius 1 is 1.31 bits per heavy atom. The average Bonchev–Trinajstić information content (AvgIpc) is 2.78. The quantitative estimate of drug-likeness (QED) is 0.607. The molecule has 0 heterocycles. The molecule has 0 bridgehead atoms. The molecule has 16 heavy (non-hydrogen) atoms. The summed E-state index contributed by atoms with van der Waals surface area (Å²) < 4.78 is 4.86. The van der Waals surface area contributed by atoms with Gasteiger partial charge in [-0.05, 0) is 25.3 Å². The molecule has 0 atom stereocenters. The van der Waals surface area contributed by atoms with Crippen LogP contribution in [-0.2, 0) is 9.53 Å². The lowest BCUT2D eigenvalue weighted by molar-refractivity contribution is -0.121. The van der Waals surface area contributed by atoms with Crippen molar-refractivity contribution in [1.29, 1.82) is 0 Å². The number of hydrogen-bond acceptors (Lipinski definition) is 3. The van der Waals surface area contributed by atoms with Crippen LogP contribution in [0.15, 0.2) is 0 Å². The standard InChI is InChI=1S/C12H24N2O2/c1-16-9-8-14-12(15)6-7-13-10-11-4-2-3-5-11/h11,13H,2-10H2,1H3,(H,14,15). The highest BCUT2D eigenvalue weighted by atomic mass is 16.5. The Balaban J connectivity index is 1.87. The Morgan fingerprint density at radius 2 is 2.06 bits per heavy atom. The van der Waals surface area contributed by atoms with Gasteiger partial charge in [-0.25, -0.2) is 0 Å². The van der Waals surface area contributed by atoms with Crippen molar-refractivity contribution < 1.29 is 9.53 Å². The van der Waals surface area contributed by atoms with Crippen molar-refractivity contribution in [3.05, 3.63) is 0 Å². The third kappa shape index (κ3) is 6.08. The summed E-state index contributed by atoms with van der Waals surface area (Å²) in [6.45, 7) is 3.06. The van der Waals surface area contributed by atoms with Crippen LogP contribution in [0.2, 0.25) is 0 Å². The number of rotatable bonds is 8. The highest BCUT2D eigenvalue weighted by molar-refractivity contribution is 5.75. The lowest BCUT2D eigenvalue weighted by Gasteiger charge is -2.10. The van der Waals surface area contributed by atoms with Crippen molar-refractivity contribution in [1.82, 2.24) is 10.6 Å². The molecule has 0 unspecified atom stereocenters. The Bertz CT molecular complexity index is 191. The number of amides is 1. The van der Waals surface area contributed by atoms with Crippen LogP contribution in [0.1, 0.15) is 32.1 Å². The van der Waals surface area contributed by atoms with Gasteiger partial charge in [-0.2, -0.15) is 0 Å². The number of ether oxygens (including phenoxy) is 1. The maximum Gasteiger partial charge on any atom is 0.221 e. The molecule has 4 nitrogen and oxygen atoms in total. The SMILES string of the molecule is COCCNC(=O)CCNCC1CCCC1. The summed E-state index contributed by atoms with van der Waals surface area (Å²) in [5, 5.41) is 6.16. The van der Waals surface area contributed by atoms with Crippen LogP contribution < -0.4 is 10.6 Å². The Labute approximate surface area is 98.1 Å². The van der Waals surface area contributed by atoms with Gasteiger partial charge in [-0.3, -0.25) is 4.79 Å². The van der Waals surface area contributed by atoms with E-state index in [-0.39, 0.29) is 5.91 Å². The molecule has 0 aromatic carbocycles. The van der Waals surface area contributed by atoms with E-state index in [1.54, 1.807) is 7.11 Å². The van der Waals surface area contributed by atoms with Crippen molar-refractivity contribution in [2.45, 2.75) is 32.1 Å². The zero-order chi connectivity index (χ0) is 11.6. The predicted octanol–water partition coefficient (Wildman–Crippen LogP) is 0.919. The van der Waals surface area contributed by atoms with Crippen LogP contribution >= 0.6 is 0 Å². The lowest BCUT2D eigenvalue weighted by Crippen LogP contribution is -2.31. The second kappa shape index (κ2) is 8.53. The Kier molecular flexibility index (Phi) is 7.17. The number of hydrogen-bond donors (Lipinski definition) is 2. The fourth-order valence-corrected chi connectivity index (χ4v) is 2.10. The molecule has 0 spiro atoms. The maximum absolute atomic E-state index is 11.3. The molecular weight excluding hydrogens is 204 g/mol. The molecule has 1 saturated carbocycles. The molecule has 0 radical (unpaired) electrons. The second-order valence-corrected chi connectivity index (χ2v) is 4.45. The molecule has 4 heteroatoms. The summed E-state index contributed by atoms with van der Waals surface area (Å²) in [6, 6.07) is 0. The van der Waals surface area contributed by atoms with Crippen LogP contribution in [0, 0.1) is 5.92 Å². The topological polar surface area (TPSA) is 50.4 Å². The maximum atomic E-state index is 11.3. The first-order valence-electron chi connectivity index (χ1n) is 6.29. The third-order valence-corrected chi connectivity index (χ3v) is 3.06. The summed E-state index contributed by atoms with van der Waals surface area (Å²) in [5.74, 6) is 0.951. The molecule has 1 amide bonds. The Morgan fingerprint density at radius 3 is 2.75 bits per heavy atom. The first kappa shape index (κ1) is 13.5. The summed E-state index contributed by atoms with van der Waals surface area (Å²) in [4.78, 5) is 11.3. The van der Waals surface area contributed by atoms with Crippen molar-refractivity contribution in [2.75, 3.05) is 33.4 Å². The highest BCUT2D eigenvalue weighted by Gasteiger charge is 2.13. The van der Waals surface area contributed by atoms with Gasteiger partial charge in [0.15, 0.2) is 0 Å². The van der Waals surface area contributed by atoms with Crippen LogP contribution in [0.3, 0.4) is 0 Å². The molecular formula is C12H24N2O2. The van der Waals surface area contributed by atoms with E-state index < -0.39 is 0 Å². The van der Waals surface area contributed by atoms with E-state index in [0.29, 0.717) is 19.6 Å². The van der Waals surface area contributed by atoms with Crippen LogP contribution in [0.5, 0.6) is 0 Å². The van der Waals surface area contributed by atoms with Crippen LogP contribution in [-0.4, -0.2) is 39.3 Å². The second-order valence-electron chi connectivity index (χ2n) is 4.45. The minimum absolute atomic E-state index is 0.107. The average molecular weight is 228 g/mol. The smallest absolute Gasteiger partial charge is 0.221 e. The molecule has 0 aromatic rings. The molecule has 1 fully saturated rings. The molecule has 94 valence electrons. The lowest BCUT2D eigenvalue weighted by atomic mass is 10.1. The summed E-state index contributed by atoms with van der Waals surface area (Å²) >= 11 is 0. The fourth-order valence-electron chi connectivity index (χ4n) is 2.10. The van der Waals surface area contributed by atoms with Crippen LogP contribution in [0.4, 0.5) is 0 Å². The van der Waals surface area contributed by atoms with Gasteiger partial charge in [0.2, 0.25) is 5.91 Å². The highest BCUT2D eigenvalue weighted by Crippen LogP contribution is 2.23. The first-order valence-corrected chi connectivity index (χ1v) is 6.29. The largest absolute Gasteiger partial charge is 0.383 e. The number of methoxy groups -OCH3 is 1. The first-order chi connectivity index (χ1) is 7.83. The van der Waals surface area contributed by atoms with Gasteiger partial charge in [-0.1, -0.05) is 12.8 Å². The predicted molar refractivity (Wildman–Crippen MR) is 64.3 cm³/mol. The van der Waals surface area contributed by atoms with E-state index in [4.69, 9.17) is 4.74 Å². The zero-order valence-corrected chi connectivity index (χ0v) is 10.3. The van der Waals surface area contributed by atoms with Gasteiger partial charge < -0.3 is 15.4 Å². The van der Waals surface area contributed by atoms with E-state index in [1.807, 2.05) is 0 Å². The monoisotopic (exact) mass is 228 g/mol. The van der Waals surface area contributed by atoms with Crippen molar-refractivity contribution >= 4 is 5.91 Å². The molecule has 1 rings (SSSR count). The number of nitrogens with one attached hydrogen (secondary N) is 2. The normalized spacial score (nSPS) is 16.6. The fraction of sp³-hybridized carbons (Fsp3) is 0.917. The van der Waals surface area contributed by atoms with Gasteiger partial charge >= 0.3 is 0 Å². The van der Waals surface area contributed by atoms with Gasteiger partial charge in [0.1, 0.15) is 0 Å². The minimum Gasteiger partial charge on any atom is -0.383 e. The Hall–Kier alpha value is -0.610. The van der Waals surface area contributed by atoms with E-state index in [1.165, 1.54) is 25.7 Å². The number of carbonyl (C=O) groups excluding carboxylic acids is 1. The molecule has 0 aliphatic heterocycles. The molecule has 1 aliphatic carbocycles. The third-order valence-electron chi connectivity index (χ3n) is 3.06. The summed E-state index contributed by atoms with van der Waals surface area (Å²) in [6.07, 6.45) is 6.03. The number of carbonyl (C=O) groups is 1. The van der Waals surface area contributed by atoms with Gasteiger partial charge in [0.25, 0.3) is 0 Å². The van der Waals surface area contributed by atoms with Crippen molar-refractivity contribution in [3.63, 3.8) is 0 Å².